The van der Waals surface area contributed by atoms with Gasteiger partial charge in [0.15, 0.2) is 17.5 Å². The summed E-state index contributed by atoms with van der Waals surface area (Å²) in [5, 5.41) is 0. The minimum atomic E-state index is -1.61. The topological polar surface area (TPSA) is 0 Å². The normalized spacial score (nSPS) is 16.0. The molecule has 1 unspecified atom stereocenters. The second-order valence-corrected chi connectivity index (χ2v) is 6.59. The van der Waals surface area contributed by atoms with Crippen molar-refractivity contribution in [2.45, 2.75) is 39.0 Å². The van der Waals surface area contributed by atoms with Gasteiger partial charge in [0.05, 0.1) is 5.56 Å². The Morgan fingerprint density at radius 1 is 0.923 bits per heavy atom. The average molecular weight is 364 g/mol. The summed E-state index contributed by atoms with van der Waals surface area (Å²) >= 11 is 0. The molecule has 5 heteroatoms. The highest BCUT2D eigenvalue weighted by Gasteiger charge is 2.24. The van der Waals surface area contributed by atoms with Crippen LogP contribution < -0.4 is 0 Å². The molecule has 0 saturated carbocycles. The van der Waals surface area contributed by atoms with Gasteiger partial charge in [-0.2, -0.15) is 0 Å². The largest absolute Gasteiger partial charge is 0.206 e. The summed E-state index contributed by atoms with van der Waals surface area (Å²) in [6, 6.07) is 2.68. The lowest BCUT2D eigenvalue weighted by Crippen LogP contribution is -2.17. The molecule has 1 aliphatic carbocycles. The summed E-state index contributed by atoms with van der Waals surface area (Å²) in [6.45, 7) is 2.08. The van der Waals surface area contributed by atoms with Crippen molar-refractivity contribution in [2.24, 2.45) is 5.92 Å². The maximum absolute atomic E-state index is 14.7. The smallest absolute Gasteiger partial charge is 0.194 e. The average Bonchev–Trinajstić information content (AvgIpc) is 2.59. The van der Waals surface area contributed by atoms with Gasteiger partial charge in [0.2, 0.25) is 0 Å². The molecule has 3 rings (SSSR count). The molecule has 2 aromatic rings. The standard InChI is InChI=1S/C21H17F5/c1-2-3-12-4-6-15-14(8-12)11-17(22)16(20(15)25)7-5-13-9-18(23)21(26)19(24)10-13/h9-12H,2-4,6,8H2,1H3. The van der Waals surface area contributed by atoms with Crippen molar-refractivity contribution in [3.05, 3.63) is 69.5 Å². The van der Waals surface area contributed by atoms with E-state index in [4.69, 9.17) is 0 Å². The summed E-state index contributed by atoms with van der Waals surface area (Å²) in [7, 11) is 0. The first-order valence-corrected chi connectivity index (χ1v) is 8.57. The fourth-order valence-corrected chi connectivity index (χ4v) is 3.45. The van der Waals surface area contributed by atoms with E-state index in [1.165, 1.54) is 6.07 Å². The zero-order valence-corrected chi connectivity index (χ0v) is 14.2. The van der Waals surface area contributed by atoms with Crippen LogP contribution in [0.15, 0.2) is 18.2 Å². The van der Waals surface area contributed by atoms with Crippen LogP contribution in [0.3, 0.4) is 0 Å². The number of benzene rings is 2. The Bertz CT molecular complexity index is 882. The van der Waals surface area contributed by atoms with Crippen molar-refractivity contribution < 1.29 is 22.0 Å². The number of halogens is 5. The van der Waals surface area contributed by atoms with Crippen molar-refractivity contribution in [3.63, 3.8) is 0 Å². The Balaban J connectivity index is 1.96. The van der Waals surface area contributed by atoms with Gasteiger partial charge in [-0.05, 0) is 54.5 Å². The van der Waals surface area contributed by atoms with Crippen LogP contribution >= 0.6 is 0 Å². The molecule has 1 atom stereocenters. The summed E-state index contributed by atoms with van der Waals surface area (Å²) in [4.78, 5) is 0. The molecule has 2 aromatic carbocycles. The quantitative estimate of drug-likeness (QED) is 0.365. The lowest BCUT2D eigenvalue weighted by molar-refractivity contribution is 0.411. The van der Waals surface area contributed by atoms with Crippen molar-refractivity contribution in [3.8, 4) is 11.8 Å². The van der Waals surface area contributed by atoms with Crippen molar-refractivity contribution in [1.82, 2.24) is 0 Å². The van der Waals surface area contributed by atoms with Crippen LogP contribution in [0.5, 0.6) is 0 Å². The Morgan fingerprint density at radius 3 is 2.27 bits per heavy atom. The van der Waals surface area contributed by atoms with E-state index in [9.17, 15) is 22.0 Å². The van der Waals surface area contributed by atoms with Crippen LogP contribution in [0.25, 0.3) is 0 Å². The number of hydrogen-bond donors (Lipinski definition) is 0. The summed E-state index contributed by atoms with van der Waals surface area (Å²) in [5.74, 6) is -0.886. The zero-order chi connectivity index (χ0) is 18.8. The van der Waals surface area contributed by atoms with Crippen molar-refractivity contribution in [1.29, 1.82) is 0 Å². The van der Waals surface area contributed by atoms with Gasteiger partial charge in [0, 0.05) is 5.56 Å². The first-order chi connectivity index (χ1) is 12.4. The van der Waals surface area contributed by atoms with Gasteiger partial charge in [-0.15, -0.1) is 0 Å². The lowest BCUT2D eigenvalue weighted by atomic mass is 9.81. The van der Waals surface area contributed by atoms with Gasteiger partial charge in [-0.1, -0.05) is 31.6 Å². The predicted molar refractivity (Wildman–Crippen MR) is 89.1 cm³/mol. The fourth-order valence-electron chi connectivity index (χ4n) is 3.45. The summed E-state index contributed by atoms with van der Waals surface area (Å²) in [6.07, 6.45) is 4.04. The van der Waals surface area contributed by atoms with Crippen LogP contribution in [-0.2, 0) is 12.8 Å². The molecule has 1 aliphatic rings. The monoisotopic (exact) mass is 364 g/mol. The zero-order valence-electron chi connectivity index (χ0n) is 14.2. The lowest BCUT2D eigenvalue weighted by Gasteiger charge is -2.25. The second kappa shape index (κ2) is 7.49. The van der Waals surface area contributed by atoms with Crippen LogP contribution in [0.4, 0.5) is 22.0 Å². The highest BCUT2D eigenvalue weighted by Crippen LogP contribution is 2.32. The van der Waals surface area contributed by atoms with Gasteiger partial charge >= 0.3 is 0 Å². The maximum Gasteiger partial charge on any atom is 0.194 e. The highest BCUT2D eigenvalue weighted by molar-refractivity contribution is 5.48. The molecule has 0 nitrogen and oxygen atoms in total. The van der Waals surface area contributed by atoms with Crippen LogP contribution in [0.2, 0.25) is 0 Å². The summed E-state index contributed by atoms with van der Waals surface area (Å²) in [5.41, 5.74) is 0.498. The molecule has 136 valence electrons. The van der Waals surface area contributed by atoms with Gasteiger partial charge in [0.1, 0.15) is 11.6 Å². The van der Waals surface area contributed by atoms with Gasteiger partial charge in [0.25, 0.3) is 0 Å². The van der Waals surface area contributed by atoms with E-state index in [1.54, 1.807) is 0 Å². The Morgan fingerprint density at radius 2 is 1.62 bits per heavy atom. The molecule has 0 aliphatic heterocycles. The molecule has 0 bridgehead atoms. The Labute approximate surface area is 149 Å². The van der Waals surface area contributed by atoms with Gasteiger partial charge in [-0.25, -0.2) is 22.0 Å². The molecule has 0 aromatic heterocycles. The molecular formula is C21H17F5. The molecule has 0 spiro atoms. The van der Waals surface area contributed by atoms with E-state index >= 15 is 0 Å². The third kappa shape index (κ3) is 3.60. The van der Waals surface area contributed by atoms with E-state index in [2.05, 4.69) is 18.8 Å². The molecule has 0 fully saturated rings. The fraction of sp³-hybridized carbons (Fsp3) is 0.333. The molecular weight excluding hydrogens is 347 g/mol. The molecule has 26 heavy (non-hydrogen) atoms. The maximum atomic E-state index is 14.7. The number of fused-ring (bicyclic) bond motifs is 1. The first-order valence-electron chi connectivity index (χ1n) is 8.57. The third-order valence-electron chi connectivity index (χ3n) is 4.74. The van der Waals surface area contributed by atoms with E-state index in [1.807, 2.05) is 0 Å². The Hall–Kier alpha value is -2.35. The van der Waals surface area contributed by atoms with E-state index in [0.717, 1.165) is 19.3 Å². The van der Waals surface area contributed by atoms with Crippen LogP contribution in [-0.4, -0.2) is 0 Å². The van der Waals surface area contributed by atoms with Gasteiger partial charge in [-0.3, -0.25) is 0 Å². The van der Waals surface area contributed by atoms with E-state index in [0.29, 0.717) is 42.0 Å². The minimum Gasteiger partial charge on any atom is -0.206 e. The predicted octanol–water partition coefficient (Wildman–Crippen LogP) is 5.69. The van der Waals surface area contributed by atoms with E-state index in [-0.39, 0.29) is 5.56 Å². The number of hydrogen-bond acceptors (Lipinski definition) is 0. The molecule has 0 radical (unpaired) electrons. The van der Waals surface area contributed by atoms with Crippen molar-refractivity contribution >= 4 is 0 Å². The van der Waals surface area contributed by atoms with Crippen LogP contribution in [0.1, 0.15) is 48.4 Å². The molecule has 0 heterocycles. The third-order valence-corrected chi connectivity index (χ3v) is 4.74. The first kappa shape index (κ1) is 18.4. The molecule has 0 amide bonds. The second-order valence-electron chi connectivity index (χ2n) is 6.59. The van der Waals surface area contributed by atoms with Crippen LogP contribution in [0, 0.1) is 46.8 Å². The van der Waals surface area contributed by atoms with E-state index < -0.39 is 34.6 Å². The number of rotatable bonds is 2. The summed E-state index contributed by atoms with van der Waals surface area (Å²) < 4.78 is 68.4. The van der Waals surface area contributed by atoms with Crippen molar-refractivity contribution in [2.75, 3.05) is 0 Å². The van der Waals surface area contributed by atoms with Gasteiger partial charge < -0.3 is 0 Å². The SMILES string of the molecule is CCCC1CCc2c(cc(F)c(C#Cc3cc(F)c(F)c(F)c3)c2F)C1. The highest BCUT2D eigenvalue weighted by atomic mass is 19.2. The minimum absolute atomic E-state index is 0.194. The molecule has 0 N–H and O–H groups in total. The Kier molecular flexibility index (Phi) is 5.31. The molecule has 0 saturated heterocycles.